The van der Waals surface area contributed by atoms with Gasteiger partial charge < -0.3 is 9.47 Å². The maximum Gasteiger partial charge on any atom is 0.358 e. The number of carbonyl (C=O) groups excluding carboxylic acids is 2. The Morgan fingerprint density at radius 3 is 2.36 bits per heavy atom. The van der Waals surface area contributed by atoms with Crippen molar-refractivity contribution in [1.82, 2.24) is 9.78 Å². The third kappa shape index (κ3) is 4.04. The number of esters is 2. The van der Waals surface area contributed by atoms with Crippen molar-refractivity contribution in [2.75, 3.05) is 6.61 Å². The van der Waals surface area contributed by atoms with Gasteiger partial charge in [0.15, 0.2) is 5.69 Å². The van der Waals surface area contributed by atoms with Crippen LogP contribution in [0.3, 0.4) is 0 Å². The molecule has 0 aliphatic rings. The third-order valence-corrected chi connectivity index (χ3v) is 3.67. The highest BCUT2D eigenvalue weighted by Crippen LogP contribution is 2.22. The van der Waals surface area contributed by atoms with Gasteiger partial charge in [-0.3, -0.25) is 10.1 Å². The highest BCUT2D eigenvalue weighted by atomic mass is 16.6. The summed E-state index contributed by atoms with van der Waals surface area (Å²) in [6.45, 7) is 1.84. The van der Waals surface area contributed by atoms with E-state index in [-0.39, 0.29) is 29.4 Å². The predicted molar refractivity (Wildman–Crippen MR) is 97.6 cm³/mol. The Bertz CT molecular complexity index is 1010. The highest BCUT2D eigenvalue weighted by molar-refractivity contribution is 5.92. The van der Waals surface area contributed by atoms with Crippen molar-refractivity contribution in [3.05, 3.63) is 82.0 Å². The van der Waals surface area contributed by atoms with Crippen LogP contribution >= 0.6 is 0 Å². The van der Waals surface area contributed by atoms with Gasteiger partial charge in [-0.2, -0.15) is 9.78 Å². The minimum Gasteiger partial charge on any atom is -0.461 e. The standard InChI is InChI=1S/C19H15N3O6/c1-2-27-19(24)16-12-17(21(20-16)14-6-4-3-5-7-14)28-18(23)13-8-10-15(11-9-13)22(25)26/h3-12H,2H2,1H3. The first-order valence-corrected chi connectivity index (χ1v) is 8.29. The van der Waals surface area contributed by atoms with Crippen LogP contribution < -0.4 is 4.74 Å². The van der Waals surface area contributed by atoms with E-state index >= 15 is 0 Å². The topological polar surface area (TPSA) is 114 Å². The number of nitro groups is 1. The van der Waals surface area contributed by atoms with E-state index in [9.17, 15) is 19.7 Å². The number of aromatic nitrogens is 2. The van der Waals surface area contributed by atoms with Crippen LogP contribution in [0.5, 0.6) is 5.88 Å². The monoisotopic (exact) mass is 381 g/mol. The first-order valence-electron chi connectivity index (χ1n) is 8.29. The smallest absolute Gasteiger partial charge is 0.358 e. The molecule has 1 heterocycles. The second-order valence-corrected chi connectivity index (χ2v) is 5.53. The highest BCUT2D eigenvalue weighted by Gasteiger charge is 2.20. The summed E-state index contributed by atoms with van der Waals surface area (Å²) in [7, 11) is 0. The van der Waals surface area contributed by atoms with Crippen LogP contribution in [0.15, 0.2) is 60.7 Å². The van der Waals surface area contributed by atoms with Gasteiger partial charge in [-0.15, -0.1) is 0 Å². The summed E-state index contributed by atoms with van der Waals surface area (Å²) in [5, 5.41) is 14.9. The Kier molecular flexibility index (Phi) is 5.45. The van der Waals surface area contributed by atoms with Gasteiger partial charge in [-0.1, -0.05) is 18.2 Å². The largest absolute Gasteiger partial charge is 0.461 e. The maximum absolute atomic E-state index is 12.4. The van der Waals surface area contributed by atoms with E-state index in [1.54, 1.807) is 31.2 Å². The fourth-order valence-corrected chi connectivity index (χ4v) is 2.37. The molecule has 0 amide bonds. The number of rotatable bonds is 6. The Hall–Kier alpha value is -4.01. The van der Waals surface area contributed by atoms with Gasteiger partial charge in [-0.05, 0) is 31.2 Å². The molecule has 0 bridgehead atoms. The zero-order valence-electron chi connectivity index (χ0n) is 14.8. The molecule has 9 heteroatoms. The van der Waals surface area contributed by atoms with Gasteiger partial charge in [0.25, 0.3) is 5.69 Å². The fraction of sp³-hybridized carbons (Fsp3) is 0.105. The molecule has 0 aliphatic heterocycles. The molecule has 9 nitrogen and oxygen atoms in total. The summed E-state index contributed by atoms with van der Waals surface area (Å²) in [6, 6.07) is 15.1. The fourth-order valence-electron chi connectivity index (χ4n) is 2.37. The van der Waals surface area contributed by atoms with Gasteiger partial charge in [0.2, 0.25) is 5.88 Å². The Morgan fingerprint density at radius 1 is 1.07 bits per heavy atom. The summed E-state index contributed by atoms with van der Waals surface area (Å²) >= 11 is 0. The number of para-hydroxylation sites is 1. The lowest BCUT2D eigenvalue weighted by Crippen LogP contribution is -2.11. The lowest BCUT2D eigenvalue weighted by Gasteiger charge is -2.07. The van der Waals surface area contributed by atoms with Gasteiger partial charge in [0.05, 0.1) is 22.8 Å². The van der Waals surface area contributed by atoms with Crippen LogP contribution in [0.2, 0.25) is 0 Å². The van der Waals surface area contributed by atoms with Crippen LogP contribution in [0, 0.1) is 10.1 Å². The molecular formula is C19H15N3O6. The zero-order valence-corrected chi connectivity index (χ0v) is 14.8. The molecule has 0 fully saturated rings. The molecular weight excluding hydrogens is 366 g/mol. The van der Waals surface area contributed by atoms with Gasteiger partial charge in [-0.25, -0.2) is 9.59 Å². The molecule has 0 saturated heterocycles. The summed E-state index contributed by atoms with van der Waals surface area (Å²) in [6.07, 6.45) is 0. The molecule has 0 saturated carbocycles. The Morgan fingerprint density at radius 2 is 1.75 bits per heavy atom. The lowest BCUT2D eigenvalue weighted by atomic mass is 10.2. The van der Waals surface area contributed by atoms with Crippen molar-refractivity contribution >= 4 is 17.6 Å². The van der Waals surface area contributed by atoms with E-state index < -0.39 is 16.9 Å². The molecule has 3 aromatic rings. The number of nitrogens with zero attached hydrogens (tertiary/aromatic N) is 3. The van der Waals surface area contributed by atoms with E-state index in [0.717, 1.165) is 0 Å². The average Bonchev–Trinajstić information content (AvgIpc) is 3.13. The van der Waals surface area contributed by atoms with Crippen LogP contribution in [-0.2, 0) is 4.74 Å². The van der Waals surface area contributed by atoms with Crippen molar-refractivity contribution < 1.29 is 24.0 Å². The molecule has 0 atom stereocenters. The molecule has 0 aliphatic carbocycles. The Balaban J connectivity index is 1.92. The summed E-state index contributed by atoms with van der Waals surface area (Å²) < 4.78 is 11.6. The number of non-ortho nitro benzene ring substituents is 1. The number of ether oxygens (including phenoxy) is 2. The molecule has 0 unspecified atom stereocenters. The average molecular weight is 381 g/mol. The minimum atomic E-state index is -0.748. The summed E-state index contributed by atoms with van der Waals surface area (Å²) in [5.74, 6) is -1.38. The maximum atomic E-state index is 12.4. The van der Waals surface area contributed by atoms with Gasteiger partial charge in [0, 0.05) is 18.2 Å². The predicted octanol–water partition coefficient (Wildman–Crippen LogP) is 3.18. The van der Waals surface area contributed by atoms with Crippen LogP contribution in [0.25, 0.3) is 5.69 Å². The second kappa shape index (κ2) is 8.12. The first kappa shape index (κ1) is 18.8. The quantitative estimate of drug-likeness (QED) is 0.366. The van der Waals surface area contributed by atoms with Gasteiger partial charge in [0.1, 0.15) is 0 Å². The van der Waals surface area contributed by atoms with Gasteiger partial charge >= 0.3 is 11.9 Å². The summed E-state index contributed by atoms with van der Waals surface area (Å²) in [5.41, 5.74) is 0.529. The molecule has 28 heavy (non-hydrogen) atoms. The van der Waals surface area contributed by atoms with Crippen molar-refractivity contribution in [1.29, 1.82) is 0 Å². The molecule has 0 spiro atoms. The number of hydrogen-bond donors (Lipinski definition) is 0. The second-order valence-electron chi connectivity index (χ2n) is 5.53. The molecule has 142 valence electrons. The van der Waals surface area contributed by atoms with Crippen molar-refractivity contribution in [3.8, 4) is 11.6 Å². The minimum absolute atomic E-state index is 0.0117. The number of nitro benzene ring substituents is 1. The van der Waals surface area contributed by atoms with E-state index in [1.807, 2.05) is 6.07 Å². The van der Waals surface area contributed by atoms with Crippen LogP contribution in [0.4, 0.5) is 5.69 Å². The van der Waals surface area contributed by atoms with Crippen LogP contribution in [0.1, 0.15) is 27.8 Å². The van der Waals surface area contributed by atoms with E-state index in [1.165, 1.54) is 35.0 Å². The van der Waals surface area contributed by atoms with E-state index in [4.69, 9.17) is 9.47 Å². The molecule has 1 aromatic heterocycles. The lowest BCUT2D eigenvalue weighted by molar-refractivity contribution is -0.384. The Labute approximate surface area is 159 Å². The van der Waals surface area contributed by atoms with E-state index in [0.29, 0.717) is 5.69 Å². The van der Waals surface area contributed by atoms with Crippen molar-refractivity contribution in [3.63, 3.8) is 0 Å². The van der Waals surface area contributed by atoms with Crippen molar-refractivity contribution in [2.24, 2.45) is 0 Å². The molecule has 0 radical (unpaired) electrons. The number of carbonyl (C=O) groups is 2. The normalized spacial score (nSPS) is 10.3. The number of hydrogen-bond acceptors (Lipinski definition) is 7. The zero-order chi connectivity index (χ0) is 20.1. The molecule has 3 rings (SSSR count). The SMILES string of the molecule is CCOC(=O)c1cc(OC(=O)c2ccc([N+](=O)[O-])cc2)n(-c2ccccc2)n1. The summed E-state index contributed by atoms with van der Waals surface area (Å²) in [4.78, 5) is 34.6. The van der Waals surface area contributed by atoms with E-state index in [2.05, 4.69) is 5.10 Å². The number of benzene rings is 2. The third-order valence-electron chi connectivity index (χ3n) is 3.67. The van der Waals surface area contributed by atoms with Crippen LogP contribution in [-0.4, -0.2) is 33.2 Å². The molecule has 0 N–H and O–H groups in total. The molecule has 2 aromatic carbocycles. The van der Waals surface area contributed by atoms with Crippen molar-refractivity contribution in [2.45, 2.75) is 6.92 Å². The first-order chi connectivity index (χ1) is 13.5.